The maximum Gasteiger partial charge on any atom is 0.231 e. The number of rotatable bonds is 13. The van der Waals surface area contributed by atoms with Crippen molar-refractivity contribution in [3.8, 4) is 11.5 Å². The molecule has 5 nitrogen and oxygen atoms in total. The van der Waals surface area contributed by atoms with Crippen LogP contribution in [-0.4, -0.2) is 24.1 Å². The SMILES string of the molecule is CCCCC(=O)CCC(=O)CCC(=O)Cc1cc2c(cc1CCC)OCO2. The molecule has 0 saturated carbocycles. The van der Waals surface area contributed by atoms with E-state index in [1.54, 1.807) is 0 Å². The zero-order chi connectivity index (χ0) is 19.6. The molecule has 0 atom stereocenters. The Morgan fingerprint density at radius 3 is 1.93 bits per heavy atom. The van der Waals surface area contributed by atoms with Gasteiger partial charge < -0.3 is 9.47 Å². The second kappa shape index (κ2) is 10.9. The van der Waals surface area contributed by atoms with Crippen molar-refractivity contribution in [1.29, 1.82) is 0 Å². The zero-order valence-corrected chi connectivity index (χ0v) is 16.5. The Morgan fingerprint density at radius 1 is 0.778 bits per heavy atom. The molecule has 0 radical (unpaired) electrons. The average Bonchev–Trinajstić information content (AvgIpc) is 3.10. The predicted molar refractivity (Wildman–Crippen MR) is 103 cm³/mol. The van der Waals surface area contributed by atoms with Gasteiger partial charge >= 0.3 is 0 Å². The molecule has 0 unspecified atom stereocenters. The molecule has 2 rings (SSSR count). The first-order valence-corrected chi connectivity index (χ1v) is 10.00. The largest absolute Gasteiger partial charge is 0.454 e. The molecule has 1 aliphatic heterocycles. The van der Waals surface area contributed by atoms with Crippen LogP contribution in [0.1, 0.15) is 76.3 Å². The van der Waals surface area contributed by atoms with Crippen LogP contribution in [0.15, 0.2) is 12.1 Å². The maximum atomic E-state index is 12.4. The van der Waals surface area contributed by atoms with Gasteiger partial charge in [0.25, 0.3) is 0 Å². The van der Waals surface area contributed by atoms with E-state index in [-0.39, 0.29) is 43.4 Å². The molecular weight excluding hydrogens is 344 g/mol. The standard InChI is InChI=1S/C22H30O5/c1-3-5-7-18(23)8-9-19(24)10-11-20(25)12-17-14-22-21(26-15-27-22)13-16(17)6-4-2/h13-14H,3-12,15H2,1-2H3. The molecule has 0 aromatic heterocycles. The molecule has 0 aliphatic carbocycles. The van der Waals surface area contributed by atoms with E-state index in [9.17, 15) is 14.4 Å². The summed E-state index contributed by atoms with van der Waals surface area (Å²) in [5.74, 6) is 1.59. The van der Waals surface area contributed by atoms with E-state index in [1.807, 2.05) is 19.1 Å². The number of Topliss-reactive ketones (excluding diaryl/α,β-unsaturated/α-hetero) is 3. The lowest BCUT2D eigenvalue weighted by Gasteiger charge is -2.10. The molecule has 0 bridgehead atoms. The summed E-state index contributed by atoms with van der Waals surface area (Å²) in [5.41, 5.74) is 2.05. The first kappa shape index (κ1) is 21.1. The Kier molecular flexibility index (Phi) is 8.49. The minimum atomic E-state index is -0.00679. The van der Waals surface area contributed by atoms with E-state index in [0.717, 1.165) is 42.6 Å². The van der Waals surface area contributed by atoms with Crippen molar-refractivity contribution in [2.75, 3.05) is 6.79 Å². The molecule has 1 aliphatic rings. The fourth-order valence-electron chi connectivity index (χ4n) is 3.18. The second-order valence-corrected chi connectivity index (χ2v) is 7.12. The van der Waals surface area contributed by atoms with Crippen molar-refractivity contribution in [3.63, 3.8) is 0 Å². The smallest absolute Gasteiger partial charge is 0.231 e. The fourth-order valence-corrected chi connectivity index (χ4v) is 3.18. The van der Waals surface area contributed by atoms with Crippen LogP contribution in [0, 0.1) is 0 Å². The molecule has 1 aromatic carbocycles. The van der Waals surface area contributed by atoms with Gasteiger partial charge in [0, 0.05) is 38.5 Å². The number of carbonyl (C=O) groups is 3. The normalized spacial score (nSPS) is 12.2. The molecule has 0 N–H and O–H groups in total. The lowest BCUT2D eigenvalue weighted by Crippen LogP contribution is -2.10. The van der Waals surface area contributed by atoms with E-state index in [2.05, 4.69) is 6.92 Å². The van der Waals surface area contributed by atoms with Gasteiger partial charge in [-0.3, -0.25) is 14.4 Å². The summed E-state index contributed by atoms with van der Waals surface area (Å²) in [4.78, 5) is 36.0. The van der Waals surface area contributed by atoms with E-state index < -0.39 is 0 Å². The van der Waals surface area contributed by atoms with Gasteiger partial charge in [0.2, 0.25) is 6.79 Å². The van der Waals surface area contributed by atoms with Crippen molar-refractivity contribution in [1.82, 2.24) is 0 Å². The molecule has 5 heteroatoms. The number of carbonyl (C=O) groups excluding carboxylic acids is 3. The van der Waals surface area contributed by atoms with E-state index in [0.29, 0.717) is 25.0 Å². The van der Waals surface area contributed by atoms with E-state index in [1.165, 1.54) is 0 Å². The van der Waals surface area contributed by atoms with Gasteiger partial charge in [-0.05, 0) is 36.1 Å². The third kappa shape index (κ3) is 6.81. The highest BCUT2D eigenvalue weighted by Gasteiger charge is 2.19. The van der Waals surface area contributed by atoms with Crippen molar-refractivity contribution in [3.05, 3.63) is 23.3 Å². The highest BCUT2D eigenvalue weighted by atomic mass is 16.7. The quantitative estimate of drug-likeness (QED) is 0.513. The minimum absolute atomic E-state index is 0.00679. The van der Waals surface area contributed by atoms with Crippen molar-refractivity contribution in [2.24, 2.45) is 0 Å². The van der Waals surface area contributed by atoms with Gasteiger partial charge in [0.05, 0.1) is 0 Å². The molecule has 1 heterocycles. The Balaban J connectivity index is 1.81. The number of ketones is 3. The molecule has 27 heavy (non-hydrogen) atoms. The first-order chi connectivity index (χ1) is 13.0. The summed E-state index contributed by atoms with van der Waals surface area (Å²) >= 11 is 0. The first-order valence-electron chi connectivity index (χ1n) is 10.00. The topological polar surface area (TPSA) is 69.7 Å². The number of benzene rings is 1. The number of hydrogen-bond acceptors (Lipinski definition) is 5. The van der Waals surface area contributed by atoms with Gasteiger partial charge in [0.15, 0.2) is 11.5 Å². The molecule has 0 fully saturated rings. The van der Waals surface area contributed by atoms with Crippen LogP contribution in [0.25, 0.3) is 0 Å². The predicted octanol–water partition coefficient (Wildman–Crippen LogP) is 4.37. The summed E-state index contributed by atoms with van der Waals surface area (Å²) in [5, 5.41) is 0. The van der Waals surface area contributed by atoms with Gasteiger partial charge in [-0.1, -0.05) is 26.7 Å². The Bertz CT molecular complexity index is 678. The summed E-state index contributed by atoms with van der Waals surface area (Å²) < 4.78 is 10.8. The summed E-state index contributed by atoms with van der Waals surface area (Å²) in [7, 11) is 0. The summed E-state index contributed by atoms with van der Waals surface area (Å²) in [6.07, 6.45) is 5.55. The van der Waals surface area contributed by atoms with Gasteiger partial charge in [-0.15, -0.1) is 0 Å². The highest BCUT2D eigenvalue weighted by molar-refractivity contribution is 5.89. The second-order valence-electron chi connectivity index (χ2n) is 7.12. The molecule has 0 saturated heterocycles. The minimum Gasteiger partial charge on any atom is -0.454 e. The Hall–Kier alpha value is -2.17. The van der Waals surface area contributed by atoms with Gasteiger partial charge in [0.1, 0.15) is 17.3 Å². The lowest BCUT2D eigenvalue weighted by atomic mass is 9.96. The van der Waals surface area contributed by atoms with Crippen molar-refractivity contribution >= 4 is 17.3 Å². The lowest BCUT2D eigenvalue weighted by molar-refractivity contribution is -0.125. The van der Waals surface area contributed by atoms with Crippen molar-refractivity contribution in [2.45, 2.75) is 78.1 Å². The third-order valence-corrected chi connectivity index (χ3v) is 4.78. The van der Waals surface area contributed by atoms with Crippen LogP contribution in [0.4, 0.5) is 0 Å². The van der Waals surface area contributed by atoms with Crippen LogP contribution < -0.4 is 9.47 Å². The zero-order valence-electron chi connectivity index (χ0n) is 16.5. The van der Waals surface area contributed by atoms with Crippen LogP contribution in [0.2, 0.25) is 0 Å². The van der Waals surface area contributed by atoms with Crippen LogP contribution in [0.3, 0.4) is 0 Å². The Labute approximate surface area is 161 Å². The highest BCUT2D eigenvalue weighted by Crippen LogP contribution is 2.35. The fraction of sp³-hybridized carbons (Fsp3) is 0.591. The molecule has 0 amide bonds. The maximum absolute atomic E-state index is 12.4. The Morgan fingerprint density at radius 2 is 1.33 bits per heavy atom. The molecule has 0 spiro atoms. The number of unbranched alkanes of at least 4 members (excludes halogenated alkanes) is 1. The number of aryl methyl sites for hydroxylation is 1. The monoisotopic (exact) mass is 374 g/mol. The van der Waals surface area contributed by atoms with Gasteiger partial charge in [-0.2, -0.15) is 0 Å². The van der Waals surface area contributed by atoms with Crippen LogP contribution in [-0.2, 0) is 27.2 Å². The third-order valence-electron chi connectivity index (χ3n) is 4.78. The molecule has 1 aromatic rings. The van der Waals surface area contributed by atoms with Gasteiger partial charge in [-0.25, -0.2) is 0 Å². The van der Waals surface area contributed by atoms with Crippen LogP contribution in [0.5, 0.6) is 11.5 Å². The molecule has 148 valence electrons. The number of hydrogen-bond donors (Lipinski definition) is 0. The van der Waals surface area contributed by atoms with E-state index >= 15 is 0 Å². The number of fused-ring (bicyclic) bond motifs is 1. The summed E-state index contributed by atoms with van der Waals surface area (Å²) in [6, 6.07) is 3.85. The number of ether oxygens (including phenoxy) is 2. The molecular formula is C22H30O5. The average molecular weight is 374 g/mol. The van der Waals surface area contributed by atoms with Crippen molar-refractivity contribution < 1.29 is 23.9 Å². The van der Waals surface area contributed by atoms with E-state index in [4.69, 9.17) is 9.47 Å². The summed E-state index contributed by atoms with van der Waals surface area (Å²) in [6.45, 7) is 4.34. The van der Waals surface area contributed by atoms with Crippen LogP contribution >= 0.6 is 0 Å².